The van der Waals surface area contributed by atoms with Crippen molar-refractivity contribution in [1.82, 2.24) is 20.2 Å². The maximum atomic E-state index is 12.3. The summed E-state index contributed by atoms with van der Waals surface area (Å²) in [6.45, 7) is 3.32. The van der Waals surface area contributed by atoms with Crippen LogP contribution in [0.2, 0.25) is 0 Å². The Morgan fingerprint density at radius 3 is 2.52 bits per heavy atom. The largest absolute Gasteiger partial charge is 0.497 e. The molecule has 3 rings (SSSR count). The molecule has 1 saturated heterocycles. The lowest BCUT2D eigenvalue weighted by Gasteiger charge is -2.34. The van der Waals surface area contributed by atoms with Gasteiger partial charge in [0.2, 0.25) is 5.95 Å². The van der Waals surface area contributed by atoms with Crippen LogP contribution in [0.25, 0.3) is 0 Å². The average Bonchev–Trinajstić information content (AvgIpc) is 2.79. The molecule has 1 fully saturated rings. The van der Waals surface area contributed by atoms with Gasteiger partial charge in [-0.2, -0.15) is 5.26 Å². The number of nitriles is 1. The number of methoxy groups -OCH3 is 1. The molecule has 0 spiro atoms. The number of hydrogen-bond donors (Lipinski definition) is 1. The minimum Gasteiger partial charge on any atom is -0.497 e. The molecule has 0 unspecified atom stereocenters. The van der Waals surface area contributed by atoms with Crippen molar-refractivity contribution in [2.45, 2.75) is 6.42 Å². The molecule has 1 N–H and O–H groups in total. The van der Waals surface area contributed by atoms with Crippen LogP contribution in [0.5, 0.6) is 5.75 Å². The molecule has 8 heteroatoms. The number of benzene rings is 1. The molecule has 0 saturated carbocycles. The zero-order chi connectivity index (χ0) is 20.5. The lowest BCUT2D eigenvalue weighted by molar-refractivity contribution is -0.117. The first kappa shape index (κ1) is 20.1. The third-order valence-electron chi connectivity index (χ3n) is 4.68. The number of carbonyl (C=O) groups is 1. The Labute approximate surface area is 170 Å². The third kappa shape index (κ3) is 5.69. The van der Waals surface area contributed by atoms with Crippen molar-refractivity contribution < 1.29 is 9.53 Å². The van der Waals surface area contributed by atoms with E-state index in [1.807, 2.05) is 35.2 Å². The molecule has 1 aliphatic heterocycles. The Hall–Kier alpha value is -3.60. The summed E-state index contributed by atoms with van der Waals surface area (Å²) in [5.41, 5.74) is 1.21. The first-order chi connectivity index (χ1) is 14.2. The topological polar surface area (TPSA) is 94.4 Å². The maximum Gasteiger partial charge on any atom is 0.263 e. The van der Waals surface area contributed by atoms with Crippen LogP contribution in [0, 0.1) is 11.3 Å². The summed E-state index contributed by atoms with van der Waals surface area (Å²) in [5, 5.41) is 12.2. The van der Waals surface area contributed by atoms with Crippen molar-refractivity contribution in [2.24, 2.45) is 0 Å². The zero-order valence-corrected chi connectivity index (χ0v) is 16.4. The Morgan fingerprint density at radius 2 is 1.90 bits per heavy atom. The van der Waals surface area contributed by atoms with E-state index < -0.39 is 0 Å². The number of nitrogens with one attached hydrogen (secondary N) is 1. The molecule has 150 valence electrons. The average molecular weight is 392 g/mol. The van der Waals surface area contributed by atoms with Crippen molar-refractivity contribution in [1.29, 1.82) is 5.26 Å². The molecule has 0 atom stereocenters. The van der Waals surface area contributed by atoms with Crippen LogP contribution in [0.15, 0.2) is 54.5 Å². The van der Waals surface area contributed by atoms with E-state index in [2.05, 4.69) is 20.2 Å². The Balaban J connectivity index is 1.47. The lowest BCUT2D eigenvalue weighted by atomic mass is 10.1. The quantitative estimate of drug-likeness (QED) is 0.562. The molecular formula is C21H24N6O2. The lowest BCUT2D eigenvalue weighted by Crippen LogP contribution is -2.45. The number of anilines is 1. The van der Waals surface area contributed by atoms with E-state index >= 15 is 0 Å². The van der Waals surface area contributed by atoms with Gasteiger partial charge in [-0.25, -0.2) is 9.97 Å². The third-order valence-corrected chi connectivity index (χ3v) is 4.68. The predicted molar refractivity (Wildman–Crippen MR) is 109 cm³/mol. The van der Waals surface area contributed by atoms with Crippen LogP contribution in [-0.2, 0) is 11.2 Å². The zero-order valence-electron chi connectivity index (χ0n) is 16.4. The van der Waals surface area contributed by atoms with E-state index in [9.17, 15) is 10.1 Å². The van der Waals surface area contributed by atoms with Crippen molar-refractivity contribution in [3.8, 4) is 11.8 Å². The van der Waals surface area contributed by atoms with E-state index in [1.54, 1.807) is 31.8 Å². The fourth-order valence-corrected chi connectivity index (χ4v) is 3.03. The highest BCUT2D eigenvalue weighted by atomic mass is 16.5. The molecule has 2 heterocycles. The minimum atomic E-state index is -0.352. The molecule has 0 aliphatic carbocycles. The fraction of sp³-hybridized carbons (Fsp3) is 0.333. The van der Waals surface area contributed by atoms with E-state index in [0.717, 1.165) is 24.4 Å². The molecule has 1 aromatic carbocycles. The summed E-state index contributed by atoms with van der Waals surface area (Å²) in [5.74, 6) is 1.15. The van der Waals surface area contributed by atoms with Gasteiger partial charge in [0.05, 0.1) is 7.11 Å². The molecule has 0 bridgehead atoms. The van der Waals surface area contributed by atoms with Gasteiger partial charge >= 0.3 is 0 Å². The minimum absolute atomic E-state index is 0.115. The summed E-state index contributed by atoms with van der Waals surface area (Å²) in [7, 11) is 1.63. The van der Waals surface area contributed by atoms with Gasteiger partial charge in [-0.05, 0) is 30.2 Å². The Morgan fingerprint density at radius 1 is 1.21 bits per heavy atom. The summed E-state index contributed by atoms with van der Waals surface area (Å²) in [6.07, 6.45) is 5.77. The number of ether oxygens (including phenoxy) is 1. The summed E-state index contributed by atoms with van der Waals surface area (Å²) >= 11 is 0. The molecule has 1 aliphatic rings. The molecule has 0 radical (unpaired) electrons. The fourth-order valence-electron chi connectivity index (χ4n) is 3.03. The highest BCUT2D eigenvalue weighted by Gasteiger charge is 2.18. The highest BCUT2D eigenvalue weighted by Crippen LogP contribution is 2.12. The van der Waals surface area contributed by atoms with Gasteiger partial charge in [0.25, 0.3) is 5.91 Å². The second-order valence-electron chi connectivity index (χ2n) is 6.58. The van der Waals surface area contributed by atoms with Gasteiger partial charge in [-0.1, -0.05) is 12.1 Å². The van der Waals surface area contributed by atoms with Crippen molar-refractivity contribution >= 4 is 11.9 Å². The van der Waals surface area contributed by atoms with Crippen LogP contribution < -0.4 is 15.0 Å². The van der Waals surface area contributed by atoms with Gasteiger partial charge in [0.15, 0.2) is 0 Å². The van der Waals surface area contributed by atoms with Crippen LogP contribution in [0.4, 0.5) is 5.95 Å². The van der Waals surface area contributed by atoms with Crippen molar-refractivity contribution in [3.63, 3.8) is 0 Å². The van der Waals surface area contributed by atoms with Crippen LogP contribution in [0.3, 0.4) is 0 Å². The van der Waals surface area contributed by atoms with E-state index in [4.69, 9.17) is 4.74 Å². The second-order valence-corrected chi connectivity index (χ2v) is 6.58. The standard InChI is InChI=1S/C21H24N6O2/c1-29-19-5-3-17(4-6-19)7-10-23-20(28)18(15-22)16-26-11-13-27(14-12-26)21-24-8-2-9-25-21/h2-6,8-9,16H,7,10-14H2,1H3,(H,23,28)/b18-16-. The number of piperazine rings is 1. The number of nitrogens with zero attached hydrogens (tertiary/aromatic N) is 5. The van der Waals surface area contributed by atoms with Crippen LogP contribution in [-0.4, -0.2) is 60.6 Å². The number of hydrogen-bond acceptors (Lipinski definition) is 7. The van der Waals surface area contributed by atoms with Gasteiger partial charge in [-0.15, -0.1) is 0 Å². The predicted octanol–water partition coefficient (Wildman–Crippen LogP) is 1.37. The molecule has 29 heavy (non-hydrogen) atoms. The maximum absolute atomic E-state index is 12.3. The number of amides is 1. The molecule has 2 aromatic rings. The monoisotopic (exact) mass is 392 g/mol. The van der Waals surface area contributed by atoms with Crippen LogP contribution >= 0.6 is 0 Å². The van der Waals surface area contributed by atoms with Gasteiger partial charge in [-0.3, -0.25) is 4.79 Å². The normalized spacial score (nSPS) is 14.3. The first-order valence-corrected chi connectivity index (χ1v) is 9.48. The first-order valence-electron chi connectivity index (χ1n) is 9.48. The molecule has 1 aromatic heterocycles. The van der Waals surface area contributed by atoms with Gasteiger partial charge < -0.3 is 19.9 Å². The van der Waals surface area contributed by atoms with Gasteiger partial charge in [0, 0.05) is 51.3 Å². The summed E-state index contributed by atoms with van der Waals surface area (Å²) < 4.78 is 5.13. The molecule has 1 amide bonds. The van der Waals surface area contributed by atoms with Crippen molar-refractivity contribution in [3.05, 3.63) is 60.1 Å². The summed E-state index contributed by atoms with van der Waals surface area (Å²) in [6, 6.07) is 11.5. The smallest absolute Gasteiger partial charge is 0.263 e. The summed E-state index contributed by atoms with van der Waals surface area (Å²) in [4.78, 5) is 24.9. The number of aromatic nitrogens is 2. The van der Waals surface area contributed by atoms with E-state index in [0.29, 0.717) is 32.0 Å². The number of carbonyl (C=O) groups excluding carboxylic acids is 1. The Kier molecular flexibility index (Phi) is 7.00. The SMILES string of the molecule is COc1ccc(CCNC(=O)/C(C#N)=C\N2CCN(c3ncccn3)CC2)cc1. The van der Waals surface area contributed by atoms with E-state index in [-0.39, 0.29) is 11.5 Å². The van der Waals surface area contributed by atoms with Gasteiger partial charge in [0.1, 0.15) is 17.4 Å². The highest BCUT2D eigenvalue weighted by molar-refractivity contribution is 5.97. The van der Waals surface area contributed by atoms with Crippen molar-refractivity contribution in [2.75, 3.05) is 44.7 Å². The number of rotatable bonds is 7. The second kappa shape index (κ2) is 10.1. The Bertz CT molecular complexity index is 868. The molecular weight excluding hydrogens is 368 g/mol. The van der Waals surface area contributed by atoms with E-state index in [1.165, 1.54) is 0 Å². The van der Waals surface area contributed by atoms with Crippen LogP contribution in [0.1, 0.15) is 5.56 Å². The molecule has 8 nitrogen and oxygen atoms in total.